The second kappa shape index (κ2) is 12.1. The van der Waals surface area contributed by atoms with E-state index in [2.05, 4.69) is 5.48 Å². The molecule has 2 amide bonds. The molecule has 2 atom stereocenters. The summed E-state index contributed by atoms with van der Waals surface area (Å²) >= 11 is 0. The predicted octanol–water partition coefficient (Wildman–Crippen LogP) is 3.16. The van der Waals surface area contributed by atoms with Gasteiger partial charge in [-0.1, -0.05) is 80.8 Å². The van der Waals surface area contributed by atoms with Crippen molar-refractivity contribution >= 4 is 21.7 Å². The second-order valence-electron chi connectivity index (χ2n) is 8.50. The molecular formula is C25H35N3O5S. The van der Waals surface area contributed by atoms with Crippen LogP contribution in [0.15, 0.2) is 48.5 Å². The fourth-order valence-electron chi connectivity index (χ4n) is 4.28. The SMILES string of the molecule is CCC[C@H](C(=O)NOCc1ccccc1)c1cc(C)ccc1[C@](CCC)(C(=O)NN)S(C)(=O)=O. The predicted molar refractivity (Wildman–Crippen MR) is 132 cm³/mol. The molecule has 0 bridgehead atoms. The van der Waals surface area contributed by atoms with Crippen LogP contribution in [0.3, 0.4) is 0 Å². The molecular weight excluding hydrogens is 454 g/mol. The number of hydrogen-bond donors (Lipinski definition) is 3. The molecule has 0 aliphatic heterocycles. The van der Waals surface area contributed by atoms with Crippen LogP contribution in [0.4, 0.5) is 0 Å². The van der Waals surface area contributed by atoms with E-state index in [-0.39, 0.29) is 18.6 Å². The van der Waals surface area contributed by atoms with Crippen LogP contribution in [0.2, 0.25) is 0 Å². The van der Waals surface area contributed by atoms with E-state index in [9.17, 15) is 18.0 Å². The first kappa shape index (κ1) is 27.5. The number of hydroxylamine groups is 1. The first-order valence-corrected chi connectivity index (χ1v) is 13.3. The van der Waals surface area contributed by atoms with Crippen LogP contribution in [0.25, 0.3) is 0 Å². The van der Waals surface area contributed by atoms with Crippen LogP contribution in [0.5, 0.6) is 0 Å². The number of sulfone groups is 1. The summed E-state index contributed by atoms with van der Waals surface area (Å²) in [6.07, 6.45) is 2.56. The first-order chi connectivity index (χ1) is 16.1. The van der Waals surface area contributed by atoms with Gasteiger partial charge in [-0.25, -0.2) is 19.7 Å². The van der Waals surface area contributed by atoms with Crippen molar-refractivity contribution < 1.29 is 22.8 Å². The normalized spacial score (nSPS) is 14.1. The summed E-state index contributed by atoms with van der Waals surface area (Å²) < 4.78 is 24.3. The maximum Gasteiger partial charge on any atom is 0.259 e. The van der Waals surface area contributed by atoms with Crippen molar-refractivity contribution in [3.63, 3.8) is 0 Å². The lowest BCUT2D eigenvalue weighted by Gasteiger charge is -2.34. The van der Waals surface area contributed by atoms with Crippen molar-refractivity contribution in [2.24, 2.45) is 5.84 Å². The second-order valence-corrected chi connectivity index (χ2v) is 10.7. The molecule has 9 heteroatoms. The summed E-state index contributed by atoms with van der Waals surface area (Å²) in [7, 11) is -3.97. The van der Waals surface area contributed by atoms with Gasteiger partial charge in [-0.15, -0.1) is 0 Å². The zero-order chi connectivity index (χ0) is 25.4. The number of benzene rings is 2. The van der Waals surface area contributed by atoms with Gasteiger partial charge in [-0.3, -0.25) is 19.9 Å². The molecule has 0 spiro atoms. The number of amides is 2. The number of nitrogens with two attached hydrogens (primary N) is 1. The van der Waals surface area contributed by atoms with E-state index in [1.807, 2.05) is 49.6 Å². The lowest BCUT2D eigenvalue weighted by Crippen LogP contribution is -2.52. The molecule has 0 radical (unpaired) electrons. The van der Waals surface area contributed by atoms with E-state index in [1.165, 1.54) is 0 Å². The minimum Gasteiger partial charge on any atom is -0.293 e. The molecule has 0 aliphatic carbocycles. The third-order valence-corrected chi connectivity index (χ3v) is 7.77. The average molecular weight is 490 g/mol. The zero-order valence-corrected chi connectivity index (χ0v) is 21.1. The van der Waals surface area contributed by atoms with Gasteiger partial charge in [0.2, 0.25) is 0 Å². The number of aryl methyl sites for hydroxylation is 1. The van der Waals surface area contributed by atoms with Gasteiger partial charge < -0.3 is 0 Å². The quantitative estimate of drug-likeness (QED) is 0.239. The van der Waals surface area contributed by atoms with Crippen LogP contribution in [-0.4, -0.2) is 26.5 Å². The monoisotopic (exact) mass is 489 g/mol. The average Bonchev–Trinajstić information content (AvgIpc) is 2.80. The summed E-state index contributed by atoms with van der Waals surface area (Å²) in [5, 5.41) is 0. The fourth-order valence-corrected chi connectivity index (χ4v) is 5.84. The lowest BCUT2D eigenvalue weighted by molar-refractivity contribution is -0.136. The van der Waals surface area contributed by atoms with Gasteiger partial charge in [0.05, 0.1) is 12.5 Å². The summed E-state index contributed by atoms with van der Waals surface area (Å²) in [6.45, 7) is 5.77. The topological polar surface area (TPSA) is 128 Å². The fraction of sp³-hybridized carbons (Fsp3) is 0.440. The molecule has 8 nitrogen and oxygen atoms in total. The largest absolute Gasteiger partial charge is 0.293 e. The highest BCUT2D eigenvalue weighted by Gasteiger charge is 2.50. The van der Waals surface area contributed by atoms with Crippen LogP contribution >= 0.6 is 0 Å². The molecule has 0 aromatic heterocycles. The number of rotatable bonds is 12. The van der Waals surface area contributed by atoms with Crippen molar-refractivity contribution in [1.82, 2.24) is 10.9 Å². The molecule has 0 fully saturated rings. The summed E-state index contributed by atoms with van der Waals surface area (Å²) in [5.41, 5.74) is 7.03. The Morgan fingerprint density at radius 3 is 2.32 bits per heavy atom. The molecule has 0 aliphatic rings. The van der Waals surface area contributed by atoms with Gasteiger partial charge in [0, 0.05) is 6.26 Å². The highest BCUT2D eigenvalue weighted by atomic mass is 32.2. The molecule has 186 valence electrons. The van der Waals surface area contributed by atoms with Gasteiger partial charge in [-0.05, 0) is 36.5 Å². The number of carbonyl (C=O) groups excluding carboxylic acids is 2. The maximum atomic E-state index is 13.3. The van der Waals surface area contributed by atoms with Crippen LogP contribution in [0, 0.1) is 6.92 Å². The van der Waals surface area contributed by atoms with Gasteiger partial charge in [-0.2, -0.15) is 0 Å². The van der Waals surface area contributed by atoms with Crippen LogP contribution in [0.1, 0.15) is 67.7 Å². The Morgan fingerprint density at radius 1 is 1.09 bits per heavy atom. The highest BCUT2D eigenvalue weighted by Crippen LogP contribution is 2.41. The Kier molecular flexibility index (Phi) is 9.78. The Balaban J connectivity index is 2.55. The Labute approximate surface area is 202 Å². The minimum atomic E-state index is -3.97. The number of nitrogens with one attached hydrogen (secondary N) is 2. The van der Waals surface area contributed by atoms with Crippen molar-refractivity contribution in [3.05, 3.63) is 70.8 Å². The van der Waals surface area contributed by atoms with E-state index in [1.54, 1.807) is 25.1 Å². The standard InChI is InChI=1S/C25H35N3O5S/c1-5-10-20(23(29)28-33-17-19-11-8-7-9-12-19)21-16-18(3)13-14-22(21)25(15-6-2,24(30)27-26)34(4,31)32/h7-9,11-14,16,20H,5-6,10,15,17,26H2,1-4H3,(H,27,30)(H,28,29)/t20-,25+/m0/s1. The smallest absolute Gasteiger partial charge is 0.259 e. The molecule has 0 saturated carbocycles. The zero-order valence-electron chi connectivity index (χ0n) is 20.3. The van der Waals surface area contributed by atoms with E-state index in [0.717, 1.165) is 17.4 Å². The van der Waals surface area contributed by atoms with Crippen molar-refractivity contribution in [3.8, 4) is 0 Å². The summed E-state index contributed by atoms with van der Waals surface area (Å²) in [4.78, 5) is 31.7. The molecule has 0 heterocycles. The molecule has 2 aromatic carbocycles. The Morgan fingerprint density at radius 2 is 1.76 bits per heavy atom. The van der Waals surface area contributed by atoms with E-state index in [0.29, 0.717) is 24.8 Å². The minimum absolute atomic E-state index is 0.0237. The van der Waals surface area contributed by atoms with E-state index < -0.39 is 32.3 Å². The van der Waals surface area contributed by atoms with Gasteiger partial charge in [0.1, 0.15) is 0 Å². The molecule has 2 rings (SSSR count). The molecule has 0 saturated heterocycles. The van der Waals surface area contributed by atoms with Crippen molar-refractivity contribution in [2.75, 3.05) is 6.26 Å². The first-order valence-electron chi connectivity index (χ1n) is 11.4. The van der Waals surface area contributed by atoms with E-state index >= 15 is 0 Å². The van der Waals surface area contributed by atoms with E-state index in [4.69, 9.17) is 10.7 Å². The molecule has 34 heavy (non-hydrogen) atoms. The number of carbonyl (C=O) groups is 2. The third-order valence-electron chi connectivity index (χ3n) is 5.90. The third kappa shape index (κ3) is 6.02. The molecule has 2 aromatic rings. The molecule has 0 unspecified atom stereocenters. The maximum absolute atomic E-state index is 13.3. The number of hydrazine groups is 1. The summed E-state index contributed by atoms with van der Waals surface area (Å²) in [5.74, 6) is 3.50. The van der Waals surface area contributed by atoms with Gasteiger partial charge in [0.25, 0.3) is 11.8 Å². The summed E-state index contributed by atoms with van der Waals surface area (Å²) in [6, 6.07) is 14.5. The Bertz CT molecular complexity index is 1090. The number of hydrogen-bond acceptors (Lipinski definition) is 6. The van der Waals surface area contributed by atoms with Crippen molar-refractivity contribution in [2.45, 2.75) is 63.7 Å². The highest BCUT2D eigenvalue weighted by molar-refractivity contribution is 7.92. The van der Waals surface area contributed by atoms with Gasteiger partial charge >= 0.3 is 0 Å². The molecule has 4 N–H and O–H groups in total. The van der Waals surface area contributed by atoms with Crippen LogP contribution in [-0.2, 0) is 35.6 Å². The lowest BCUT2D eigenvalue weighted by atomic mass is 9.81. The van der Waals surface area contributed by atoms with Crippen LogP contribution < -0.4 is 16.7 Å². The van der Waals surface area contributed by atoms with Gasteiger partial charge in [0.15, 0.2) is 14.6 Å². The van der Waals surface area contributed by atoms with Crippen molar-refractivity contribution in [1.29, 1.82) is 0 Å². The Hall–Kier alpha value is -2.75.